The molecule has 1 atom stereocenters. The van der Waals surface area contributed by atoms with Crippen molar-refractivity contribution in [1.29, 1.82) is 0 Å². The Morgan fingerprint density at radius 2 is 1.97 bits per heavy atom. The lowest BCUT2D eigenvalue weighted by atomic mass is 10.1. The number of fused-ring (bicyclic) bond motifs is 3. The number of imidazole rings is 1. The highest BCUT2D eigenvalue weighted by molar-refractivity contribution is 5.70. The van der Waals surface area contributed by atoms with E-state index in [1.54, 1.807) is 14.2 Å². The van der Waals surface area contributed by atoms with Gasteiger partial charge >= 0.3 is 11.6 Å². The van der Waals surface area contributed by atoms with Crippen LogP contribution in [0.3, 0.4) is 0 Å². The van der Waals surface area contributed by atoms with Crippen molar-refractivity contribution in [1.82, 2.24) is 14.1 Å². The van der Waals surface area contributed by atoms with E-state index in [9.17, 15) is 9.59 Å². The number of aryl methyl sites for hydroxylation is 1. The minimum Gasteiger partial charge on any atom is -0.497 e. The lowest BCUT2D eigenvalue weighted by Gasteiger charge is -2.26. The van der Waals surface area contributed by atoms with Gasteiger partial charge in [-0.1, -0.05) is 6.92 Å². The van der Waals surface area contributed by atoms with Gasteiger partial charge in [0.15, 0.2) is 0 Å². The zero-order valence-electron chi connectivity index (χ0n) is 17.8. The van der Waals surface area contributed by atoms with E-state index in [2.05, 4.69) is 16.8 Å². The predicted molar refractivity (Wildman–Crippen MR) is 114 cm³/mol. The van der Waals surface area contributed by atoms with Gasteiger partial charge in [0.2, 0.25) is 11.2 Å². The summed E-state index contributed by atoms with van der Waals surface area (Å²) in [6, 6.07) is 7.81. The molecule has 0 bridgehead atoms. The van der Waals surface area contributed by atoms with E-state index in [4.69, 9.17) is 9.47 Å². The fourth-order valence-corrected chi connectivity index (χ4v) is 4.06. The molecular formula is C21H28N5O4+. The Morgan fingerprint density at radius 1 is 1.23 bits per heavy atom. The zero-order chi connectivity index (χ0) is 21.4. The van der Waals surface area contributed by atoms with Crippen LogP contribution in [-0.4, -0.2) is 41.0 Å². The molecule has 0 amide bonds. The third kappa shape index (κ3) is 3.28. The number of methoxy groups -OCH3 is 1. The number of nitrogens with zero attached hydrogens (tertiary/aromatic N) is 4. The topological polar surface area (TPSA) is 85.4 Å². The molecule has 4 rings (SSSR count). The zero-order valence-corrected chi connectivity index (χ0v) is 17.8. The van der Waals surface area contributed by atoms with Crippen LogP contribution in [0.25, 0.3) is 11.2 Å². The lowest BCUT2D eigenvalue weighted by molar-refractivity contribution is -0.669. The molecule has 2 aromatic heterocycles. The van der Waals surface area contributed by atoms with Crippen LogP contribution in [0.15, 0.2) is 33.9 Å². The molecule has 0 spiro atoms. The minimum atomic E-state index is -0.351. The fourth-order valence-electron chi connectivity index (χ4n) is 4.06. The molecule has 9 heteroatoms. The summed E-state index contributed by atoms with van der Waals surface area (Å²) >= 11 is 0. The van der Waals surface area contributed by atoms with Crippen molar-refractivity contribution >= 4 is 22.8 Å². The molecule has 3 aromatic rings. The van der Waals surface area contributed by atoms with Crippen LogP contribution in [0.2, 0.25) is 0 Å². The number of aromatic nitrogens is 4. The van der Waals surface area contributed by atoms with Crippen LogP contribution >= 0.6 is 0 Å². The van der Waals surface area contributed by atoms with Gasteiger partial charge < -0.3 is 9.47 Å². The standard InChI is InChI=1S/C21H27N5O4/c1-5-30-11-10-24-19(27)17-18(23(3)21(24)28)22-20-25(12-14(2)13-26(17)20)15-6-8-16(29-4)9-7-15/h6-9,14H,5,10-13H2,1-4H3/p+1/t14-/m1/s1. The molecule has 3 heterocycles. The number of nitrogens with one attached hydrogen (secondary N) is 1. The first kappa shape index (κ1) is 20.2. The third-order valence-electron chi connectivity index (χ3n) is 5.57. The molecule has 0 radical (unpaired) electrons. The first-order chi connectivity index (χ1) is 14.5. The fraction of sp³-hybridized carbons (Fsp3) is 0.476. The second kappa shape index (κ2) is 7.98. The highest BCUT2D eigenvalue weighted by Crippen LogP contribution is 2.29. The van der Waals surface area contributed by atoms with Crippen LogP contribution in [0.5, 0.6) is 5.75 Å². The maximum Gasteiger partial charge on any atom is 0.364 e. The SMILES string of the molecule is CCOCCn1c(=O)c2c([nH]c3[n+]2C[C@H](C)CN3c2ccc(OC)cc2)n(C)c1=O. The van der Waals surface area contributed by atoms with E-state index in [1.165, 1.54) is 9.13 Å². The van der Waals surface area contributed by atoms with Crippen LogP contribution in [0.4, 0.5) is 11.6 Å². The van der Waals surface area contributed by atoms with Crippen LogP contribution in [-0.2, 0) is 24.9 Å². The number of H-pyrrole nitrogens is 1. The molecule has 0 saturated carbocycles. The molecule has 1 N–H and O–H groups in total. The largest absolute Gasteiger partial charge is 0.497 e. The molecule has 30 heavy (non-hydrogen) atoms. The predicted octanol–water partition coefficient (Wildman–Crippen LogP) is 1.15. The number of ether oxygens (including phenoxy) is 2. The maximum absolute atomic E-state index is 13.3. The van der Waals surface area contributed by atoms with Crippen molar-refractivity contribution in [2.45, 2.75) is 26.9 Å². The number of hydrogen-bond acceptors (Lipinski definition) is 5. The van der Waals surface area contributed by atoms with Gasteiger partial charge in [0, 0.05) is 19.6 Å². The number of anilines is 2. The number of benzene rings is 1. The van der Waals surface area contributed by atoms with E-state index < -0.39 is 0 Å². The summed E-state index contributed by atoms with van der Waals surface area (Å²) < 4.78 is 15.4. The van der Waals surface area contributed by atoms with Crippen molar-refractivity contribution in [2.75, 3.05) is 31.8 Å². The summed E-state index contributed by atoms with van der Waals surface area (Å²) in [6.07, 6.45) is 0. The van der Waals surface area contributed by atoms with Gasteiger partial charge in [0.25, 0.3) is 5.56 Å². The van der Waals surface area contributed by atoms with Crippen molar-refractivity contribution in [3.63, 3.8) is 0 Å². The summed E-state index contributed by atoms with van der Waals surface area (Å²) in [5.41, 5.74) is 1.38. The Balaban J connectivity index is 1.88. The summed E-state index contributed by atoms with van der Waals surface area (Å²) in [5, 5.41) is 0. The van der Waals surface area contributed by atoms with Crippen LogP contribution in [0.1, 0.15) is 13.8 Å². The molecule has 0 saturated heterocycles. The Hall–Kier alpha value is -3.07. The maximum atomic E-state index is 13.3. The first-order valence-electron chi connectivity index (χ1n) is 10.2. The van der Waals surface area contributed by atoms with Crippen LogP contribution < -0.4 is 25.5 Å². The lowest BCUT2D eigenvalue weighted by Crippen LogP contribution is -2.52. The second-order valence-electron chi connectivity index (χ2n) is 7.67. The van der Waals surface area contributed by atoms with E-state index >= 15 is 0 Å². The molecular weight excluding hydrogens is 386 g/mol. The van der Waals surface area contributed by atoms with E-state index in [-0.39, 0.29) is 17.8 Å². The average Bonchev–Trinajstić information content (AvgIpc) is 3.13. The summed E-state index contributed by atoms with van der Waals surface area (Å²) in [6.45, 7) is 6.63. The molecule has 9 nitrogen and oxygen atoms in total. The molecule has 0 aliphatic carbocycles. The summed E-state index contributed by atoms with van der Waals surface area (Å²) in [4.78, 5) is 31.6. The van der Waals surface area contributed by atoms with Gasteiger partial charge in [-0.2, -0.15) is 0 Å². The highest BCUT2D eigenvalue weighted by atomic mass is 16.5. The Morgan fingerprint density at radius 3 is 2.63 bits per heavy atom. The van der Waals surface area contributed by atoms with Crippen molar-refractivity contribution < 1.29 is 14.0 Å². The average molecular weight is 414 g/mol. The highest BCUT2D eigenvalue weighted by Gasteiger charge is 2.35. The van der Waals surface area contributed by atoms with Crippen molar-refractivity contribution in [2.24, 2.45) is 13.0 Å². The number of hydrogen-bond donors (Lipinski definition) is 1. The second-order valence-corrected chi connectivity index (χ2v) is 7.67. The Labute approximate surface area is 174 Å². The van der Waals surface area contributed by atoms with Crippen molar-refractivity contribution in [3.05, 3.63) is 45.1 Å². The van der Waals surface area contributed by atoms with Gasteiger partial charge in [-0.15, -0.1) is 0 Å². The van der Waals surface area contributed by atoms with Gasteiger partial charge in [0.05, 0.1) is 33.4 Å². The Bertz CT molecular complexity index is 1180. The summed E-state index contributed by atoms with van der Waals surface area (Å²) in [5.74, 6) is 1.90. The first-order valence-corrected chi connectivity index (χ1v) is 10.2. The molecule has 1 aliphatic rings. The Kier molecular flexibility index (Phi) is 5.38. The third-order valence-corrected chi connectivity index (χ3v) is 5.57. The smallest absolute Gasteiger partial charge is 0.364 e. The molecule has 0 unspecified atom stereocenters. The minimum absolute atomic E-state index is 0.230. The summed E-state index contributed by atoms with van der Waals surface area (Å²) in [7, 11) is 3.33. The molecule has 160 valence electrons. The van der Waals surface area contributed by atoms with Gasteiger partial charge in [0.1, 0.15) is 11.4 Å². The molecule has 0 fully saturated rings. The van der Waals surface area contributed by atoms with Crippen LogP contribution in [0, 0.1) is 5.92 Å². The number of rotatable bonds is 6. The monoisotopic (exact) mass is 414 g/mol. The van der Waals surface area contributed by atoms with Gasteiger partial charge in [-0.3, -0.25) is 13.9 Å². The van der Waals surface area contributed by atoms with Gasteiger partial charge in [-0.05, 0) is 31.2 Å². The molecule has 1 aliphatic heterocycles. The van der Waals surface area contributed by atoms with Gasteiger partial charge in [-0.25, -0.2) is 19.2 Å². The van der Waals surface area contributed by atoms with E-state index in [0.29, 0.717) is 36.8 Å². The van der Waals surface area contributed by atoms with E-state index in [0.717, 1.165) is 23.9 Å². The quantitative estimate of drug-likeness (QED) is 0.483. The number of aromatic amines is 1. The van der Waals surface area contributed by atoms with Crippen molar-refractivity contribution in [3.8, 4) is 5.75 Å². The normalized spacial score (nSPS) is 16.1. The van der Waals surface area contributed by atoms with E-state index in [1.807, 2.05) is 35.8 Å². The molecule has 1 aromatic carbocycles.